The number of thioether (sulfide) groups is 1. The lowest BCUT2D eigenvalue weighted by molar-refractivity contribution is 0.0582. The quantitative estimate of drug-likeness (QED) is 0.609. The van der Waals surface area contributed by atoms with Gasteiger partial charge in [-0.2, -0.15) is 0 Å². The van der Waals surface area contributed by atoms with E-state index in [1.54, 1.807) is 28.8 Å². The number of phenols is 1. The highest BCUT2D eigenvalue weighted by molar-refractivity contribution is 8.14. The van der Waals surface area contributed by atoms with Crippen molar-refractivity contribution in [1.82, 2.24) is 10.2 Å². The first kappa shape index (κ1) is 21.2. The average Bonchev–Trinajstić information content (AvgIpc) is 3.37. The molecule has 0 radical (unpaired) electrons. The van der Waals surface area contributed by atoms with E-state index < -0.39 is 11.6 Å². The Morgan fingerprint density at radius 3 is 2.74 bits per heavy atom. The molecule has 2 aromatic carbocycles. The second-order valence-electron chi connectivity index (χ2n) is 7.62. The Labute approximate surface area is 184 Å². The maximum Gasteiger partial charge on any atom is 0.313 e. The third-order valence-corrected chi connectivity index (χ3v) is 6.48. The van der Waals surface area contributed by atoms with Crippen LogP contribution < -0.4 is 11.1 Å². The van der Waals surface area contributed by atoms with Crippen molar-refractivity contribution in [2.75, 3.05) is 32.6 Å². The highest BCUT2D eigenvalue weighted by atomic mass is 32.2. The molecule has 31 heavy (non-hydrogen) atoms. The first-order valence-corrected chi connectivity index (χ1v) is 10.9. The number of amides is 3. The van der Waals surface area contributed by atoms with Crippen molar-refractivity contribution in [1.29, 1.82) is 0 Å². The van der Waals surface area contributed by atoms with Crippen LogP contribution >= 0.6 is 11.8 Å². The van der Waals surface area contributed by atoms with E-state index in [1.165, 1.54) is 13.2 Å². The van der Waals surface area contributed by atoms with E-state index in [4.69, 9.17) is 10.5 Å². The molecule has 8 nitrogen and oxygen atoms in total. The Morgan fingerprint density at radius 2 is 2.10 bits per heavy atom. The molecule has 0 fully saturated rings. The molecule has 1 atom stereocenters. The molecule has 2 aliphatic rings. The van der Waals surface area contributed by atoms with E-state index >= 15 is 0 Å². The van der Waals surface area contributed by atoms with Gasteiger partial charge in [-0.25, -0.2) is 4.79 Å². The van der Waals surface area contributed by atoms with Crippen LogP contribution in [-0.4, -0.2) is 59.5 Å². The Balaban J connectivity index is 1.67. The summed E-state index contributed by atoms with van der Waals surface area (Å²) < 4.78 is 5.46. The van der Waals surface area contributed by atoms with Gasteiger partial charge in [0.15, 0.2) is 0 Å². The van der Waals surface area contributed by atoms with Gasteiger partial charge in [-0.15, -0.1) is 11.8 Å². The number of urea groups is 1. The highest BCUT2D eigenvalue weighted by Crippen LogP contribution is 2.31. The van der Waals surface area contributed by atoms with E-state index in [2.05, 4.69) is 10.3 Å². The minimum Gasteiger partial charge on any atom is -0.508 e. The Morgan fingerprint density at radius 1 is 1.32 bits per heavy atom. The number of aromatic hydroxyl groups is 1. The molecule has 2 aliphatic heterocycles. The number of carbonyl (C=O) groups is 2. The fraction of sp³-hybridized carbons (Fsp3) is 0.318. The number of aliphatic imine (C=N–C) groups is 1. The molecule has 9 heteroatoms. The zero-order valence-electron chi connectivity index (χ0n) is 17.1. The molecule has 0 saturated heterocycles. The van der Waals surface area contributed by atoms with Gasteiger partial charge in [0.2, 0.25) is 0 Å². The summed E-state index contributed by atoms with van der Waals surface area (Å²) >= 11 is 1.71. The zero-order valence-corrected chi connectivity index (χ0v) is 17.9. The Bertz CT molecular complexity index is 1040. The molecular weight excluding hydrogens is 416 g/mol. The second-order valence-corrected chi connectivity index (χ2v) is 8.70. The lowest BCUT2D eigenvalue weighted by atomic mass is 9.89. The van der Waals surface area contributed by atoms with Gasteiger partial charge in [-0.3, -0.25) is 9.79 Å². The van der Waals surface area contributed by atoms with Crippen LogP contribution in [0.15, 0.2) is 47.5 Å². The van der Waals surface area contributed by atoms with Crippen LogP contribution in [0.5, 0.6) is 5.75 Å². The summed E-state index contributed by atoms with van der Waals surface area (Å²) in [6.07, 6.45) is 0. The monoisotopic (exact) mass is 440 g/mol. The molecule has 3 amide bonds. The molecule has 4 rings (SSSR count). The summed E-state index contributed by atoms with van der Waals surface area (Å²) in [6, 6.07) is 11.7. The Hall–Kier alpha value is -3.04. The van der Waals surface area contributed by atoms with Crippen molar-refractivity contribution in [3.05, 3.63) is 64.7 Å². The summed E-state index contributed by atoms with van der Waals surface area (Å²) in [7, 11) is 1.54. The highest BCUT2D eigenvalue weighted by Gasteiger charge is 2.40. The first-order chi connectivity index (χ1) is 14.9. The molecule has 162 valence electrons. The Kier molecular flexibility index (Phi) is 5.88. The zero-order chi connectivity index (χ0) is 22.0. The summed E-state index contributed by atoms with van der Waals surface area (Å²) in [5.74, 6) is 0.909. The first-order valence-electron chi connectivity index (χ1n) is 9.88. The van der Waals surface area contributed by atoms with E-state index in [0.29, 0.717) is 12.1 Å². The van der Waals surface area contributed by atoms with Crippen LogP contribution in [0.1, 0.15) is 27.0 Å². The van der Waals surface area contributed by atoms with Crippen molar-refractivity contribution in [2.24, 2.45) is 10.7 Å². The van der Waals surface area contributed by atoms with Crippen LogP contribution in [0.4, 0.5) is 4.79 Å². The SMILES string of the molecule is COCC(CN1Cc2cc(O)ccc2C1=O)(NC(N)=O)c1ccc(C2=NCCS2)cc1. The smallest absolute Gasteiger partial charge is 0.313 e. The maximum absolute atomic E-state index is 13.0. The van der Waals surface area contributed by atoms with Gasteiger partial charge >= 0.3 is 6.03 Å². The summed E-state index contributed by atoms with van der Waals surface area (Å²) in [5.41, 5.74) is 7.54. The number of benzene rings is 2. The number of hydrogen-bond donors (Lipinski definition) is 3. The van der Waals surface area contributed by atoms with E-state index in [0.717, 1.165) is 34.0 Å². The lowest BCUT2D eigenvalue weighted by Crippen LogP contribution is -2.57. The largest absolute Gasteiger partial charge is 0.508 e. The number of rotatable bonds is 7. The van der Waals surface area contributed by atoms with Crippen molar-refractivity contribution >= 4 is 28.7 Å². The lowest BCUT2D eigenvalue weighted by Gasteiger charge is -2.37. The van der Waals surface area contributed by atoms with Crippen LogP contribution in [0.25, 0.3) is 0 Å². The van der Waals surface area contributed by atoms with Crippen LogP contribution in [0, 0.1) is 0 Å². The van der Waals surface area contributed by atoms with Gasteiger partial charge in [0.25, 0.3) is 5.91 Å². The normalized spacial score (nSPS) is 17.3. The molecule has 2 heterocycles. The molecule has 0 aromatic heterocycles. The van der Waals surface area contributed by atoms with E-state index in [-0.39, 0.29) is 24.8 Å². The minimum absolute atomic E-state index is 0.107. The molecule has 0 spiro atoms. The minimum atomic E-state index is -1.04. The number of methoxy groups -OCH3 is 1. The summed E-state index contributed by atoms with van der Waals surface area (Å²) in [6.45, 7) is 1.41. The fourth-order valence-electron chi connectivity index (χ4n) is 4.11. The van der Waals surface area contributed by atoms with E-state index in [9.17, 15) is 14.7 Å². The third-order valence-electron chi connectivity index (χ3n) is 5.45. The molecule has 0 bridgehead atoms. The van der Waals surface area contributed by atoms with Crippen molar-refractivity contribution in [3.63, 3.8) is 0 Å². The number of nitrogens with one attached hydrogen (secondary N) is 1. The maximum atomic E-state index is 13.0. The second kappa shape index (κ2) is 8.60. The third kappa shape index (κ3) is 4.24. The van der Waals surface area contributed by atoms with E-state index in [1.807, 2.05) is 24.3 Å². The number of fused-ring (bicyclic) bond motifs is 1. The van der Waals surface area contributed by atoms with Crippen molar-refractivity contribution in [2.45, 2.75) is 12.1 Å². The van der Waals surface area contributed by atoms with Crippen LogP contribution in [0.3, 0.4) is 0 Å². The molecule has 4 N–H and O–H groups in total. The van der Waals surface area contributed by atoms with Crippen LogP contribution in [0.2, 0.25) is 0 Å². The average molecular weight is 441 g/mol. The predicted molar refractivity (Wildman–Crippen MR) is 119 cm³/mol. The van der Waals surface area contributed by atoms with Gasteiger partial charge in [0, 0.05) is 37.1 Å². The molecule has 1 unspecified atom stereocenters. The number of nitrogens with zero attached hydrogens (tertiary/aromatic N) is 2. The number of primary amides is 1. The number of phenolic OH excluding ortho intramolecular Hbond substituents is 1. The predicted octanol–water partition coefficient (Wildman–Crippen LogP) is 2.05. The summed E-state index contributed by atoms with van der Waals surface area (Å²) in [5, 5.41) is 13.6. The molecule has 0 saturated carbocycles. The topological polar surface area (TPSA) is 117 Å². The molecule has 2 aromatic rings. The number of nitrogens with two attached hydrogens (primary N) is 1. The van der Waals surface area contributed by atoms with Gasteiger partial charge in [-0.1, -0.05) is 24.3 Å². The standard InChI is InChI=1S/C22H24N4O4S/c1-30-13-22(25-21(23)29,16-4-2-14(3-5-16)19-24-8-9-31-19)12-26-11-15-10-17(27)6-7-18(15)20(26)28/h2-7,10,27H,8-9,11-13H2,1H3,(H3,23,25,29). The van der Waals surface area contributed by atoms with Gasteiger partial charge in [0.05, 0.1) is 18.2 Å². The van der Waals surface area contributed by atoms with Gasteiger partial charge in [-0.05, 0) is 29.3 Å². The molecule has 0 aliphatic carbocycles. The number of carbonyl (C=O) groups excluding carboxylic acids is 2. The molecular formula is C22H24N4O4S. The van der Waals surface area contributed by atoms with Crippen LogP contribution in [-0.2, 0) is 16.8 Å². The number of ether oxygens (including phenoxy) is 1. The van der Waals surface area contributed by atoms with Crippen molar-refractivity contribution < 1.29 is 19.4 Å². The van der Waals surface area contributed by atoms with Gasteiger partial charge in [0.1, 0.15) is 11.3 Å². The summed E-state index contributed by atoms with van der Waals surface area (Å²) in [4.78, 5) is 31.1. The van der Waals surface area contributed by atoms with Gasteiger partial charge < -0.3 is 25.8 Å². The van der Waals surface area contributed by atoms with Crippen molar-refractivity contribution in [3.8, 4) is 5.75 Å². The number of hydrogen-bond acceptors (Lipinski definition) is 6. The fourth-order valence-corrected chi connectivity index (χ4v) is 4.97.